The average molecular weight is 294 g/mol. The monoisotopic (exact) mass is 293 g/mol. The Morgan fingerprint density at radius 3 is 2.80 bits per heavy atom. The van der Waals surface area contributed by atoms with E-state index >= 15 is 0 Å². The molecule has 0 saturated carbocycles. The number of carbonyl (C=O) groups is 1. The lowest BCUT2D eigenvalue weighted by atomic mass is 9.92. The molecule has 2 aromatic rings. The molecule has 0 aliphatic rings. The van der Waals surface area contributed by atoms with E-state index in [9.17, 15) is 4.79 Å². The van der Waals surface area contributed by atoms with Crippen molar-refractivity contribution in [3.05, 3.63) is 35.2 Å². The van der Waals surface area contributed by atoms with Gasteiger partial charge >= 0.3 is 0 Å². The number of nitrogens with zero attached hydrogens (tertiary/aromatic N) is 2. The number of hydrogen-bond donors (Lipinski definition) is 1. The zero-order valence-electron chi connectivity index (χ0n) is 12.1. The Balaban J connectivity index is 1.88. The number of fused-ring (bicyclic) bond motifs is 1. The van der Waals surface area contributed by atoms with E-state index in [4.69, 9.17) is 11.6 Å². The van der Waals surface area contributed by atoms with Gasteiger partial charge in [-0.25, -0.2) is 4.98 Å². The molecule has 0 aliphatic carbocycles. The van der Waals surface area contributed by atoms with E-state index in [2.05, 4.69) is 31.1 Å². The summed E-state index contributed by atoms with van der Waals surface area (Å²) in [5.74, 6) is 0.0873. The van der Waals surface area contributed by atoms with E-state index in [-0.39, 0.29) is 11.3 Å². The molecule has 0 aliphatic heterocycles. The summed E-state index contributed by atoms with van der Waals surface area (Å²) in [5.41, 5.74) is 1.83. The molecule has 2 heterocycles. The van der Waals surface area contributed by atoms with Crippen molar-refractivity contribution in [2.45, 2.75) is 33.6 Å². The first kappa shape index (κ1) is 14.9. The van der Waals surface area contributed by atoms with Gasteiger partial charge in [0, 0.05) is 31.8 Å². The molecule has 1 N–H and O–H groups in total. The van der Waals surface area contributed by atoms with Gasteiger partial charge in [0.05, 0.1) is 10.7 Å². The van der Waals surface area contributed by atoms with Crippen molar-refractivity contribution in [3.63, 3.8) is 0 Å². The van der Waals surface area contributed by atoms with Crippen LogP contribution in [0.25, 0.3) is 5.65 Å². The van der Waals surface area contributed by atoms with Gasteiger partial charge in [0.2, 0.25) is 5.91 Å². The van der Waals surface area contributed by atoms with Crippen LogP contribution in [0.3, 0.4) is 0 Å². The van der Waals surface area contributed by atoms with Gasteiger partial charge in [0.1, 0.15) is 5.65 Å². The number of aromatic nitrogens is 2. The molecule has 0 radical (unpaired) electrons. The smallest absolute Gasteiger partial charge is 0.220 e. The maximum absolute atomic E-state index is 11.7. The van der Waals surface area contributed by atoms with Crippen molar-refractivity contribution in [1.82, 2.24) is 14.7 Å². The largest absolute Gasteiger partial charge is 0.356 e. The van der Waals surface area contributed by atoms with Crippen molar-refractivity contribution in [2.75, 3.05) is 6.54 Å². The highest BCUT2D eigenvalue weighted by molar-refractivity contribution is 6.30. The highest BCUT2D eigenvalue weighted by atomic mass is 35.5. The lowest BCUT2D eigenvalue weighted by Gasteiger charge is -2.17. The molecule has 2 rings (SSSR count). The fourth-order valence-corrected chi connectivity index (χ4v) is 2.18. The van der Waals surface area contributed by atoms with Gasteiger partial charge in [-0.3, -0.25) is 4.79 Å². The minimum Gasteiger partial charge on any atom is -0.356 e. The van der Waals surface area contributed by atoms with E-state index in [1.807, 2.05) is 28.9 Å². The summed E-state index contributed by atoms with van der Waals surface area (Å²) in [6, 6.07) is 3.70. The van der Waals surface area contributed by atoms with Crippen LogP contribution < -0.4 is 5.32 Å². The maximum atomic E-state index is 11.7. The number of carbonyl (C=O) groups excluding carboxylic acids is 1. The van der Waals surface area contributed by atoms with E-state index < -0.39 is 0 Å². The van der Waals surface area contributed by atoms with Crippen molar-refractivity contribution >= 4 is 23.2 Å². The molecule has 0 atom stereocenters. The number of hydrogen-bond acceptors (Lipinski definition) is 2. The quantitative estimate of drug-likeness (QED) is 0.941. The summed E-state index contributed by atoms with van der Waals surface area (Å²) in [7, 11) is 0. The second kappa shape index (κ2) is 5.83. The molecule has 5 heteroatoms. The minimum absolute atomic E-state index is 0.0178. The van der Waals surface area contributed by atoms with Crippen LogP contribution in [0.2, 0.25) is 5.02 Å². The number of amides is 1. The van der Waals surface area contributed by atoms with Gasteiger partial charge in [-0.05, 0) is 17.5 Å². The summed E-state index contributed by atoms with van der Waals surface area (Å²) in [4.78, 5) is 16.2. The third kappa shape index (κ3) is 4.23. The van der Waals surface area contributed by atoms with Crippen LogP contribution in [-0.2, 0) is 11.2 Å². The summed E-state index contributed by atoms with van der Waals surface area (Å²) in [5, 5.41) is 3.61. The van der Waals surface area contributed by atoms with E-state index in [0.717, 1.165) is 17.8 Å². The summed E-state index contributed by atoms with van der Waals surface area (Å²) < 4.78 is 1.90. The number of rotatable bonds is 4. The fourth-order valence-electron chi connectivity index (χ4n) is 2.01. The van der Waals surface area contributed by atoms with E-state index in [0.29, 0.717) is 18.0 Å². The van der Waals surface area contributed by atoms with E-state index in [1.54, 1.807) is 0 Å². The topological polar surface area (TPSA) is 46.4 Å². The van der Waals surface area contributed by atoms with Crippen molar-refractivity contribution in [1.29, 1.82) is 0 Å². The predicted molar refractivity (Wildman–Crippen MR) is 81.0 cm³/mol. The zero-order chi connectivity index (χ0) is 14.8. The van der Waals surface area contributed by atoms with Gasteiger partial charge < -0.3 is 9.72 Å². The molecule has 1 amide bonds. The fraction of sp³-hybridized carbons (Fsp3) is 0.467. The highest BCUT2D eigenvalue weighted by Crippen LogP contribution is 2.17. The molecule has 0 aromatic carbocycles. The third-order valence-corrected chi connectivity index (χ3v) is 3.08. The molecule has 0 fully saturated rings. The van der Waals surface area contributed by atoms with Crippen LogP contribution in [0.15, 0.2) is 24.5 Å². The van der Waals surface area contributed by atoms with Gasteiger partial charge in [-0.15, -0.1) is 0 Å². The first-order valence-corrected chi connectivity index (χ1v) is 7.11. The second-order valence-corrected chi connectivity index (χ2v) is 6.62. The van der Waals surface area contributed by atoms with Crippen LogP contribution in [0.5, 0.6) is 0 Å². The molecule has 0 spiro atoms. The Labute approximate surface area is 124 Å². The van der Waals surface area contributed by atoms with Crippen LogP contribution in [0.4, 0.5) is 0 Å². The Hall–Kier alpha value is -1.55. The standard InChI is InChI=1S/C15H20ClN3O/c1-15(2,3)8-14(20)17-7-6-12-10-19-9-11(16)4-5-13(19)18-12/h4-5,9-10H,6-8H2,1-3H3,(H,17,20). The van der Waals surface area contributed by atoms with Gasteiger partial charge in [-0.1, -0.05) is 32.4 Å². The summed E-state index contributed by atoms with van der Waals surface area (Å²) >= 11 is 5.93. The van der Waals surface area contributed by atoms with Crippen LogP contribution in [0, 0.1) is 5.41 Å². The van der Waals surface area contributed by atoms with Gasteiger partial charge in [0.25, 0.3) is 0 Å². The third-order valence-electron chi connectivity index (χ3n) is 2.86. The minimum atomic E-state index is 0.0178. The Morgan fingerprint density at radius 2 is 2.10 bits per heavy atom. The van der Waals surface area contributed by atoms with Gasteiger partial charge in [0.15, 0.2) is 0 Å². The molecule has 108 valence electrons. The molecule has 2 aromatic heterocycles. The first-order chi connectivity index (χ1) is 9.33. The van der Waals surface area contributed by atoms with Crippen molar-refractivity contribution in [3.8, 4) is 0 Å². The summed E-state index contributed by atoms with van der Waals surface area (Å²) in [6.45, 7) is 6.77. The SMILES string of the molecule is CC(C)(C)CC(=O)NCCc1cn2cc(Cl)ccc2n1. The Bertz CT molecular complexity index is 613. The van der Waals surface area contributed by atoms with Crippen molar-refractivity contribution in [2.24, 2.45) is 5.41 Å². The molecule has 0 bridgehead atoms. The highest BCUT2D eigenvalue weighted by Gasteiger charge is 2.15. The lowest BCUT2D eigenvalue weighted by molar-refractivity contribution is -0.122. The molecule has 0 unspecified atom stereocenters. The normalized spacial score (nSPS) is 11.8. The number of pyridine rings is 1. The molecule has 0 saturated heterocycles. The van der Waals surface area contributed by atoms with E-state index in [1.165, 1.54) is 0 Å². The Kier molecular flexibility index (Phi) is 4.33. The Morgan fingerprint density at radius 1 is 1.35 bits per heavy atom. The second-order valence-electron chi connectivity index (χ2n) is 6.18. The van der Waals surface area contributed by atoms with Crippen LogP contribution in [-0.4, -0.2) is 21.8 Å². The van der Waals surface area contributed by atoms with Crippen LogP contribution in [0.1, 0.15) is 32.9 Å². The molecule has 4 nitrogen and oxygen atoms in total. The summed E-state index contributed by atoms with van der Waals surface area (Å²) in [6.07, 6.45) is 5.02. The number of imidazole rings is 1. The first-order valence-electron chi connectivity index (χ1n) is 6.73. The van der Waals surface area contributed by atoms with Crippen LogP contribution >= 0.6 is 11.6 Å². The lowest BCUT2D eigenvalue weighted by Crippen LogP contribution is -2.29. The van der Waals surface area contributed by atoms with Crippen molar-refractivity contribution < 1.29 is 4.79 Å². The maximum Gasteiger partial charge on any atom is 0.220 e. The average Bonchev–Trinajstić information content (AvgIpc) is 2.68. The zero-order valence-corrected chi connectivity index (χ0v) is 12.9. The molecule has 20 heavy (non-hydrogen) atoms. The molecular weight excluding hydrogens is 274 g/mol. The predicted octanol–water partition coefficient (Wildman–Crippen LogP) is 3.08. The molecular formula is C15H20ClN3O. The number of nitrogens with one attached hydrogen (secondary N) is 1. The number of halogens is 1. The van der Waals surface area contributed by atoms with Gasteiger partial charge in [-0.2, -0.15) is 0 Å².